The highest BCUT2D eigenvalue weighted by molar-refractivity contribution is 6.00. The molecule has 0 saturated heterocycles. The van der Waals surface area contributed by atoms with Crippen molar-refractivity contribution in [1.82, 2.24) is 0 Å². The molecule has 2 aromatic carbocycles. The molecule has 0 bridgehead atoms. The van der Waals surface area contributed by atoms with Gasteiger partial charge in [-0.2, -0.15) is 0 Å². The van der Waals surface area contributed by atoms with E-state index in [1.807, 2.05) is 30.3 Å². The minimum absolute atomic E-state index is 0.415. The van der Waals surface area contributed by atoms with Crippen molar-refractivity contribution in [3.8, 4) is 22.6 Å². The summed E-state index contributed by atoms with van der Waals surface area (Å²) in [4.78, 5) is 12.0. The lowest BCUT2D eigenvalue weighted by molar-refractivity contribution is 0.397. The smallest absolute Gasteiger partial charge is 0.343 e. The maximum absolute atomic E-state index is 12.0. The standard InChI is InChI=1S/C17H14O4/c1-19-12-8-13-16(15(9-12)20-2)14(10-21-17(13)18)11-6-4-3-5-7-11/h3-10H,1-2H3. The highest BCUT2D eigenvalue weighted by Crippen LogP contribution is 2.36. The van der Waals surface area contributed by atoms with Gasteiger partial charge in [0.15, 0.2) is 0 Å². The third-order valence-electron chi connectivity index (χ3n) is 3.39. The lowest BCUT2D eigenvalue weighted by Crippen LogP contribution is -2.02. The first-order valence-electron chi connectivity index (χ1n) is 6.47. The second-order valence-corrected chi connectivity index (χ2v) is 4.56. The Morgan fingerprint density at radius 2 is 1.76 bits per heavy atom. The molecule has 4 nitrogen and oxygen atoms in total. The van der Waals surface area contributed by atoms with Gasteiger partial charge >= 0.3 is 5.63 Å². The van der Waals surface area contributed by atoms with Crippen molar-refractivity contribution in [2.75, 3.05) is 14.2 Å². The van der Waals surface area contributed by atoms with Gasteiger partial charge in [0.05, 0.1) is 19.6 Å². The summed E-state index contributed by atoms with van der Waals surface area (Å²) in [7, 11) is 3.11. The molecule has 4 heteroatoms. The van der Waals surface area contributed by atoms with E-state index in [-0.39, 0.29) is 0 Å². The molecular formula is C17H14O4. The van der Waals surface area contributed by atoms with Crippen LogP contribution in [0.3, 0.4) is 0 Å². The van der Waals surface area contributed by atoms with Crippen molar-refractivity contribution in [1.29, 1.82) is 0 Å². The van der Waals surface area contributed by atoms with E-state index in [0.29, 0.717) is 16.9 Å². The molecule has 0 spiro atoms. The summed E-state index contributed by atoms with van der Waals surface area (Å²) in [6.45, 7) is 0. The predicted octanol–water partition coefficient (Wildman–Crippen LogP) is 3.48. The summed E-state index contributed by atoms with van der Waals surface area (Å²) >= 11 is 0. The average molecular weight is 282 g/mol. The van der Waals surface area contributed by atoms with Gasteiger partial charge in [-0.3, -0.25) is 0 Å². The Labute approximate surface area is 121 Å². The molecule has 1 heterocycles. The van der Waals surface area contributed by atoms with Crippen molar-refractivity contribution in [2.45, 2.75) is 0 Å². The minimum atomic E-state index is -0.415. The van der Waals surface area contributed by atoms with E-state index in [1.165, 1.54) is 6.26 Å². The van der Waals surface area contributed by atoms with Gasteiger partial charge in [0.25, 0.3) is 0 Å². The summed E-state index contributed by atoms with van der Waals surface area (Å²) in [6, 6.07) is 13.1. The first-order valence-corrected chi connectivity index (χ1v) is 6.47. The zero-order chi connectivity index (χ0) is 14.8. The van der Waals surface area contributed by atoms with Crippen LogP contribution in [0.5, 0.6) is 11.5 Å². The largest absolute Gasteiger partial charge is 0.497 e. The lowest BCUT2D eigenvalue weighted by atomic mass is 10.0. The summed E-state index contributed by atoms with van der Waals surface area (Å²) in [6.07, 6.45) is 1.47. The highest BCUT2D eigenvalue weighted by atomic mass is 16.5. The molecule has 3 rings (SSSR count). The fourth-order valence-electron chi connectivity index (χ4n) is 2.37. The average Bonchev–Trinajstić information content (AvgIpc) is 2.55. The number of fused-ring (bicyclic) bond motifs is 1. The van der Waals surface area contributed by atoms with Crippen molar-refractivity contribution in [3.63, 3.8) is 0 Å². The number of hydrogen-bond donors (Lipinski definition) is 0. The molecule has 0 amide bonds. The summed E-state index contributed by atoms with van der Waals surface area (Å²) in [5.74, 6) is 1.13. The Bertz CT molecular complexity index is 835. The molecule has 0 atom stereocenters. The normalized spacial score (nSPS) is 10.6. The molecule has 0 radical (unpaired) electrons. The topological polar surface area (TPSA) is 48.7 Å². The minimum Gasteiger partial charge on any atom is -0.497 e. The molecule has 0 saturated carbocycles. The van der Waals surface area contributed by atoms with Crippen molar-refractivity contribution < 1.29 is 13.9 Å². The summed E-state index contributed by atoms with van der Waals surface area (Å²) in [5.41, 5.74) is 1.35. The van der Waals surface area contributed by atoms with Gasteiger partial charge in [0, 0.05) is 17.0 Å². The molecule has 3 aromatic rings. The van der Waals surface area contributed by atoms with Gasteiger partial charge in [0.2, 0.25) is 0 Å². The third-order valence-corrected chi connectivity index (χ3v) is 3.39. The van der Waals surface area contributed by atoms with Gasteiger partial charge < -0.3 is 13.9 Å². The van der Waals surface area contributed by atoms with E-state index >= 15 is 0 Å². The lowest BCUT2D eigenvalue weighted by Gasteiger charge is -2.11. The van der Waals surface area contributed by atoms with E-state index in [1.54, 1.807) is 26.4 Å². The first-order chi connectivity index (χ1) is 10.2. The maximum Gasteiger partial charge on any atom is 0.343 e. The Hall–Kier alpha value is -2.75. The van der Waals surface area contributed by atoms with Crippen LogP contribution < -0.4 is 15.1 Å². The second-order valence-electron chi connectivity index (χ2n) is 4.56. The molecular weight excluding hydrogens is 268 g/mol. The van der Waals surface area contributed by atoms with E-state index in [4.69, 9.17) is 13.9 Å². The molecule has 106 valence electrons. The van der Waals surface area contributed by atoms with Gasteiger partial charge in [-0.15, -0.1) is 0 Å². The zero-order valence-corrected chi connectivity index (χ0v) is 11.8. The second kappa shape index (κ2) is 5.32. The molecule has 0 fully saturated rings. The Morgan fingerprint density at radius 1 is 1.00 bits per heavy atom. The van der Waals surface area contributed by atoms with Crippen molar-refractivity contribution >= 4 is 10.8 Å². The molecule has 0 aliphatic carbocycles. The molecule has 21 heavy (non-hydrogen) atoms. The van der Waals surface area contributed by atoms with Crippen molar-refractivity contribution in [3.05, 3.63) is 59.1 Å². The fourth-order valence-corrected chi connectivity index (χ4v) is 2.37. The van der Waals surface area contributed by atoms with Crippen LogP contribution in [0.25, 0.3) is 21.9 Å². The monoisotopic (exact) mass is 282 g/mol. The van der Waals surface area contributed by atoms with E-state index in [9.17, 15) is 4.79 Å². The van der Waals surface area contributed by atoms with Crippen LogP contribution in [0.1, 0.15) is 0 Å². The van der Waals surface area contributed by atoms with Crippen LogP contribution in [-0.4, -0.2) is 14.2 Å². The molecule has 0 aliphatic heterocycles. The quantitative estimate of drug-likeness (QED) is 0.738. The van der Waals surface area contributed by atoms with Gasteiger partial charge in [-0.1, -0.05) is 30.3 Å². The SMILES string of the molecule is COc1cc(OC)c2c(-c3ccccc3)coc(=O)c2c1. The van der Waals surface area contributed by atoms with E-state index in [2.05, 4.69) is 0 Å². The van der Waals surface area contributed by atoms with Crippen LogP contribution in [0.4, 0.5) is 0 Å². The molecule has 1 aromatic heterocycles. The van der Waals surface area contributed by atoms with Gasteiger partial charge in [-0.25, -0.2) is 4.79 Å². The van der Waals surface area contributed by atoms with Crippen LogP contribution >= 0.6 is 0 Å². The van der Waals surface area contributed by atoms with E-state index < -0.39 is 5.63 Å². The van der Waals surface area contributed by atoms with Gasteiger partial charge in [0.1, 0.15) is 17.8 Å². The maximum atomic E-state index is 12.0. The van der Waals surface area contributed by atoms with Crippen LogP contribution in [0, 0.1) is 0 Å². The fraction of sp³-hybridized carbons (Fsp3) is 0.118. The Balaban J connectivity index is 2.42. The van der Waals surface area contributed by atoms with Crippen LogP contribution in [0.2, 0.25) is 0 Å². The number of rotatable bonds is 3. The Morgan fingerprint density at radius 3 is 2.43 bits per heavy atom. The molecule has 0 aliphatic rings. The summed E-state index contributed by atoms with van der Waals surface area (Å²) in [5, 5.41) is 1.16. The highest BCUT2D eigenvalue weighted by Gasteiger charge is 2.15. The summed E-state index contributed by atoms with van der Waals surface area (Å²) < 4.78 is 15.8. The number of methoxy groups -OCH3 is 2. The van der Waals surface area contributed by atoms with Gasteiger partial charge in [-0.05, 0) is 11.6 Å². The number of hydrogen-bond acceptors (Lipinski definition) is 4. The van der Waals surface area contributed by atoms with E-state index in [0.717, 1.165) is 16.5 Å². The van der Waals surface area contributed by atoms with Crippen molar-refractivity contribution in [2.24, 2.45) is 0 Å². The first kappa shape index (κ1) is 13.2. The predicted molar refractivity (Wildman–Crippen MR) is 81.0 cm³/mol. The number of ether oxygens (including phenoxy) is 2. The molecule has 0 unspecified atom stereocenters. The van der Waals surface area contributed by atoms with Crippen LogP contribution in [-0.2, 0) is 0 Å². The molecule has 0 N–H and O–H groups in total. The van der Waals surface area contributed by atoms with Crippen LogP contribution in [0.15, 0.2) is 57.9 Å². The Kier molecular flexibility index (Phi) is 3.36. The number of benzene rings is 2. The third kappa shape index (κ3) is 2.25. The zero-order valence-electron chi connectivity index (χ0n) is 11.8.